The first-order valence-corrected chi connectivity index (χ1v) is 21.8. The van der Waals surface area contributed by atoms with Gasteiger partial charge >= 0.3 is 5.97 Å². The van der Waals surface area contributed by atoms with Gasteiger partial charge in [0.15, 0.2) is 0 Å². The Morgan fingerprint density at radius 2 is 2.00 bits per heavy atom. The molecular weight excluding hydrogens is 768 g/mol. The Bertz CT molecular complexity index is 1740. The van der Waals surface area contributed by atoms with Crippen LogP contribution in [-0.4, -0.2) is 120 Å². The lowest BCUT2D eigenvalue weighted by molar-refractivity contribution is -0.0168. The number of primary sulfonamides is 1. The number of benzene rings is 2. The first-order valence-electron chi connectivity index (χ1n) is 19.8. The van der Waals surface area contributed by atoms with Gasteiger partial charge in [0, 0.05) is 62.9 Å². The number of nitrogens with one attached hydrogen (secondary N) is 1. The van der Waals surface area contributed by atoms with Crippen LogP contribution in [0.1, 0.15) is 67.9 Å². The number of aliphatic hydroxyl groups excluding tert-OH is 1. The first-order chi connectivity index (χ1) is 26.8. The Balaban J connectivity index is 0.000000246. The molecule has 5 aliphatic rings. The second kappa shape index (κ2) is 21.3. The topological polar surface area (TPSA) is 164 Å². The fraction of sp³-hybridized carbons (Fsp3) is 0.605. The zero-order chi connectivity index (χ0) is 40.5. The Labute approximate surface area is 345 Å². The summed E-state index contributed by atoms with van der Waals surface area (Å²) in [7, 11) is -2.06. The van der Waals surface area contributed by atoms with Gasteiger partial charge in [-0.25, -0.2) is 18.4 Å². The molecule has 0 aromatic heterocycles. The molecule has 7 atom stereocenters. The highest BCUT2D eigenvalue weighted by Gasteiger charge is 2.44. The van der Waals surface area contributed by atoms with Gasteiger partial charge in [0.1, 0.15) is 11.0 Å². The number of methoxy groups -OCH3 is 1. The minimum Gasteiger partial charge on any atom is -0.490 e. The number of carboxylic acids is 1. The molecular formula is C43H65ClN4O8S. The van der Waals surface area contributed by atoms with Crippen molar-refractivity contribution in [1.29, 1.82) is 0 Å². The van der Waals surface area contributed by atoms with Crippen molar-refractivity contribution in [1.82, 2.24) is 10.2 Å². The number of aryl methyl sites for hydroxylation is 1. The summed E-state index contributed by atoms with van der Waals surface area (Å²) in [6.45, 7) is 17.7. The standard InChI is InChI=1S/C27H30ClNO4.C8H17NO3S.C7H14N2O.CH4/c1-2-24(30)21-8-5-19(21)14-29-15-27(11-3-4-17-12-20(28)7-9-22(17)27)16-33-25-10-6-18(26(31)32)13-23(25)29;1-4-5-7(2)8(6-12-3)13(9,10)11;1-2-9-3-4-10-6-7(9)5-8-1;/h2,6-7,9-10,12-13,19,21,24,30H,1,3-5,8,11,14-16H2,(H,31,32);4,7-8H,1,5-6H2,2-3H3,(H2,9,10,11);7-8H,1-6H2;1H4/t19-,21+,24-,27-;7-,8?;7-;/m000./s1. The molecule has 2 aromatic rings. The Kier molecular flexibility index (Phi) is 17.4. The zero-order valence-electron chi connectivity index (χ0n) is 32.9. The van der Waals surface area contributed by atoms with E-state index in [-0.39, 0.29) is 36.8 Å². The number of nitrogens with zero attached hydrogens (tertiary/aromatic N) is 2. The van der Waals surface area contributed by atoms with E-state index < -0.39 is 27.3 Å². The Hall–Kier alpha value is -3.01. The summed E-state index contributed by atoms with van der Waals surface area (Å²) in [6, 6.07) is 12.0. The molecule has 0 amide bonds. The fourth-order valence-electron chi connectivity index (χ4n) is 8.80. The van der Waals surface area contributed by atoms with Crippen LogP contribution in [0.4, 0.5) is 5.69 Å². The number of morpholine rings is 1. The smallest absolute Gasteiger partial charge is 0.335 e. The number of piperazine rings is 1. The highest BCUT2D eigenvalue weighted by Crippen LogP contribution is 2.46. The van der Waals surface area contributed by atoms with E-state index >= 15 is 0 Å². The molecule has 2 aromatic carbocycles. The summed E-state index contributed by atoms with van der Waals surface area (Å²) in [6.07, 6.45) is 8.50. The van der Waals surface area contributed by atoms with Crippen molar-refractivity contribution in [3.05, 3.63) is 83.4 Å². The second-order valence-electron chi connectivity index (χ2n) is 15.9. The summed E-state index contributed by atoms with van der Waals surface area (Å²) in [4.78, 5) is 16.5. The molecule has 14 heteroatoms. The molecule has 57 heavy (non-hydrogen) atoms. The third-order valence-electron chi connectivity index (χ3n) is 12.1. The molecule has 0 radical (unpaired) electrons. The average Bonchev–Trinajstić information content (AvgIpc) is 3.32. The molecule has 3 fully saturated rings. The molecule has 2 saturated heterocycles. The third kappa shape index (κ3) is 11.8. The average molecular weight is 834 g/mol. The van der Waals surface area contributed by atoms with Crippen molar-refractivity contribution in [3.63, 3.8) is 0 Å². The fourth-order valence-corrected chi connectivity index (χ4v) is 10.1. The number of aliphatic hydroxyl groups is 1. The van der Waals surface area contributed by atoms with Gasteiger partial charge in [0.05, 0.1) is 43.8 Å². The number of nitrogens with two attached hydrogens (primary N) is 1. The molecule has 1 unspecified atom stereocenters. The van der Waals surface area contributed by atoms with Crippen LogP contribution in [0.3, 0.4) is 0 Å². The van der Waals surface area contributed by atoms with Crippen LogP contribution in [0.15, 0.2) is 61.7 Å². The highest BCUT2D eigenvalue weighted by molar-refractivity contribution is 7.89. The van der Waals surface area contributed by atoms with Crippen LogP contribution in [0.5, 0.6) is 5.75 Å². The van der Waals surface area contributed by atoms with Crippen LogP contribution in [0.25, 0.3) is 0 Å². The lowest BCUT2D eigenvalue weighted by atomic mass is 9.68. The van der Waals surface area contributed by atoms with Gasteiger partial charge in [-0.15, -0.1) is 13.2 Å². The summed E-state index contributed by atoms with van der Waals surface area (Å²) in [5, 5.41) is 28.5. The predicted octanol–water partition coefficient (Wildman–Crippen LogP) is 5.51. The van der Waals surface area contributed by atoms with Crippen LogP contribution in [0, 0.1) is 17.8 Å². The van der Waals surface area contributed by atoms with E-state index in [1.807, 2.05) is 13.0 Å². The SMILES string of the molecule is C.C1CN2CCOC[C@@H]2CN1.C=CC[C@H](C)C(COC)S(N)(=O)=O.C=C[C@H](O)[C@@H]1CC[C@H]1CN1C[C@@]2(CCCc3cc(Cl)ccc32)COc2ccc(C(=O)O)cc21. The van der Waals surface area contributed by atoms with E-state index in [1.165, 1.54) is 24.8 Å². The number of halogens is 1. The van der Waals surface area contributed by atoms with Gasteiger partial charge in [0.25, 0.3) is 0 Å². The number of rotatable bonds is 11. The van der Waals surface area contributed by atoms with Gasteiger partial charge < -0.3 is 34.6 Å². The maximum absolute atomic E-state index is 11.7. The number of anilines is 1. The molecule has 7 rings (SSSR count). The minimum absolute atomic E-state index is 0. The van der Waals surface area contributed by atoms with E-state index in [2.05, 4.69) is 40.4 Å². The molecule has 1 saturated carbocycles. The number of carboxylic acid groups (broad SMARTS) is 1. The van der Waals surface area contributed by atoms with E-state index in [4.69, 9.17) is 31.0 Å². The summed E-state index contributed by atoms with van der Waals surface area (Å²) in [5.41, 5.74) is 3.44. The number of aromatic carboxylic acids is 1. The predicted molar refractivity (Wildman–Crippen MR) is 228 cm³/mol. The quantitative estimate of drug-likeness (QED) is 0.211. The lowest BCUT2D eigenvalue weighted by Crippen LogP contribution is -2.56. The van der Waals surface area contributed by atoms with Gasteiger partial charge in [-0.1, -0.05) is 44.2 Å². The molecule has 3 heterocycles. The monoisotopic (exact) mass is 832 g/mol. The zero-order valence-corrected chi connectivity index (χ0v) is 34.5. The van der Waals surface area contributed by atoms with Crippen LogP contribution in [0.2, 0.25) is 5.02 Å². The van der Waals surface area contributed by atoms with Crippen molar-refractivity contribution in [2.24, 2.45) is 22.9 Å². The van der Waals surface area contributed by atoms with E-state index in [0.717, 1.165) is 94.5 Å². The first kappa shape index (κ1) is 46.7. The molecule has 1 spiro atoms. The lowest BCUT2D eigenvalue weighted by Gasteiger charge is -2.45. The molecule has 0 bridgehead atoms. The Morgan fingerprint density at radius 3 is 2.65 bits per heavy atom. The number of ether oxygens (including phenoxy) is 3. The van der Waals surface area contributed by atoms with Crippen LogP contribution in [-0.2, 0) is 31.3 Å². The molecule has 5 N–H and O–H groups in total. The number of hydrogen-bond acceptors (Lipinski definition) is 10. The highest BCUT2D eigenvalue weighted by atomic mass is 35.5. The number of hydrogen-bond donors (Lipinski definition) is 4. The third-order valence-corrected chi connectivity index (χ3v) is 13.8. The molecule has 2 aliphatic carbocycles. The number of carbonyl (C=O) groups is 1. The van der Waals surface area contributed by atoms with E-state index in [9.17, 15) is 23.4 Å². The second-order valence-corrected chi connectivity index (χ2v) is 18.1. The minimum atomic E-state index is -3.52. The maximum atomic E-state index is 11.7. The van der Waals surface area contributed by atoms with E-state index in [1.54, 1.807) is 30.4 Å². The summed E-state index contributed by atoms with van der Waals surface area (Å²) >= 11 is 6.31. The summed E-state index contributed by atoms with van der Waals surface area (Å²) < 4.78 is 38.8. The number of sulfonamides is 1. The molecule has 318 valence electrons. The van der Waals surface area contributed by atoms with Crippen molar-refractivity contribution in [2.75, 3.05) is 77.7 Å². The Morgan fingerprint density at radius 1 is 1.21 bits per heavy atom. The molecule has 12 nitrogen and oxygen atoms in total. The van der Waals surface area contributed by atoms with Crippen molar-refractivity contribution in [3.8, 4) is 5.75 Å². The summed E-state index contributed by atoms with van der Waals surface area (Å²) in [5.74, 6) is 0.220. The van der Waals surface area contributed by atoms with Gasteiger partial charge in [-0.3, -0.25) is 4.90 Å². The van der Waals surface area contributed by atoms with Gasteiger partial charge in [-0.2, -0.15) is 0 Å². The molecule has 3 aliphatic heterocycles. The number of allylic oxidation sites excluding steroid dienone is 1. The van der Waals surface area contributed by atoms with Gasteiger partial charge in [-0.05, 0) is 97.7 Å². The van der Waals surface area contributed by atoms with Gasteiger partial charge in [0.2, 0.25) is 10.0 Å². The van der Waals surface area contributed by atoms with Crippen molar-refractivity contribution in [2.45, 2.75) is 75.7 Å². The van der Waals surface area contributed by atoms with Crippen molar-refractivity contribution < 1.29 is 37.6 Å². The normalized spacial score (nSPS) is 25.6. The van der Waals surface area contributed by atoms with Crippen LogP contribution < -0.4 is 20.1 Å². The van der Waals surface area contributed by atoms with Crippen molar-refractivity contribution >= 4 is 33.3 Å². The number of fused-ring (bicyclic) bond motifs is 4. The largest absolute Gasteiger partial charge is 0.490 e. The van der Waals surface area contributed by atoms with Crippen LogP contribution >= 0.6 is 11.6 Å². The van der Waals surface area contributed by atoms with E-state index in [0.29, 0.717) is 25.0 Å². The maximum Gasteiger partial charge on any atom is 0.335 e.